The summed E-state index contributed by atoms with van der Waals surface area (Å²) in [4.78, 5) is 11.1. The molecule has 1 aliphatic heterocycles. The molecule has 2 N–H and O–H groups in total. The van der Waals surface area contributed by atoms with Gasteiger partial charge in [0.05, 0.1) is 19.3 Å². The highest BCUT2D eigenvalue weighted by atomic mass is 16.5. The predicted octanol–water partition coefficient (Wildman–Crippen LogP) is 0.564. The molecule has 6 nitrogen and oxygen atoms in total. The Morgan fingerprint density at radius 1 is 1.35 bits per heavy atom. The number of aromatic nitrogens is 2. The van der Waals surface area contributed by atoms with Crippen LogP contribution in [0.15, 0.2) is 12.4 Å². The summed E-state index contributed by atoms with van der Waals surface area (Å²) in [5, 5.41) is 12.0. The number of aliphatic hydroxyl groups is 1. The lowest BCUT2D eigenvalue weighted by atomic mass is 10.1. The van der Waals surface area contributed by atoms with E-state index < -0.39 is 0 Å². The molecule has 0 radical (unpaired) electrons. The van der Waals surface area contributed by atoms with E-state index in [2.05, 4.69) is 27.1 Å². The number of ether oxygens (including phenoxy) is 1. The Morgan fingerprint density at radius 3 is 2.65 bits per heavy atom. The van der Waals surface area contributed by atoms with E-state index in [-0.39, 0.29) is 12.7 Å². The van der Waals surface area contributed by atoms with Crippen LogP contribution in [-0.4, -0.2) is 54.0 Å². The second-order valence-corrected chi connectivity index (χ2v) is 4.95. The molecule has 0 amide bonds. The van der Waals surface area contributed by atoms with E-state index in [9.17, 15) is 0 Å². The third-order valence-corrected chi connectivity index (χ3v) is 3.44. The molecule has 2 heterocycles. The van der Waals surface area contributed by atoms with Crippen LogP contribution in [0, 0.1) is 0 Å². The molecule has 20 heavy (non-hydrogen) atoms. The van der Waals surface area contributed by atoms with E-state index in [0.717, 1.165) is 50.5 Å². The molecule has 112 valence electrons. The minimum Gasteiger partial charge on any atom is -0.394 e. The van der Waals surface area contributed by atoms with E-state index in [1.54, 1.807) is 0 Å². The largest absolute Gasteiger partial charge is 0.394 e. The van der Waals surface area contributed by atoms with Crippen molar-refractivity contribution in [2.75, 3.05) is 37.7 Å². The summed E-state index contributed by atoms with van der Waals surface area (Å²) < 4.78 is 5.55. The molecule has 0 bridgehead atoms. The van der Waals surface area contributed by atoms with Crippen LogP contribution in [-0.2, 0) is 11.3 Å². The minimum atomic E-state index is 0.0938. The van der Waals surface area contributed by atoms with Crippen molar-refractivity contribution in [1.29, 1.82) is 0 Å². The van der Waals surface area contributed by atoms with Crippen LogP contribution in [0.25, 0.3) is 0 Å². The lowest BCUT2D eigenvalue weighted by molar-refractivity contribution is 0.0157. The molecule has 0 saturated carbocycles. The van der Waals surface area contributed by atoms with Gasteiger partial charge in [-0.3, -0.25) is 0 Å². The monoisotopic (exact) mass is 280 g/mol. The quantitative estimate of drug-likeness (QED) is 0.761. The van der Waals surface area contributed by atoms with E-state index in [0.29, 0.717) is 6.61 Å². The maximum Gasteiger partial charge on any atom is 0.225 e. The van der Waals surface area contributed by atoms with Crippen molar-refractivity contribution in [3.63, 3.8) is 0 Å². The minimum absolute atomic E-state index is 0.0938. The van der Waals surface area contributed by atoms with Gasteiger partial charge in [0, 0.05) is 37.6 Å². The SMILES string of the molecule is CCNCc1cnc(N2CCC(OCCO)CC2)nc1. The average molecular weight is 280 g/mol. The fraction of sp³-hybridized carbons (Fsp3) is 0.714. The Morgan fingerprint density at radius 2 is 2.05 bits per heavy atom. The van der Waals surface area contributed by atoms with Crippen molar-refractivity contribution in [2.24, 2.45) is 0 Å². The molecule has 1 saturated heterocycles. The topological polar surface area (TPSA) is 70.5 Å². The fourth-order valence-electron chi connectivity index (χ4n) is 2.31. The van der Waals surface area contributed by atoms with E-state index in [1.807, 2.05) is 12.4 Å². The molecular weight excluding hydrogens is 256 g/mol. The number of anilines is 1. The first-order valence-electron chi connectivity index (χ1n) is 7.32. The van der Waals surface area contributed by atoms with Crippen molar-refractivity contribution in [2.45, 2.75) is 32.4 Å². The maximum absolute atomic E-state index is 8.75. The Balaban J connectivity index is 1.81. The highest BCUT2D eigenvalue weighted by Gasteiger charge is 2.21. The number of hydrogen-bond donors (Lipinski definition) is 2. The first-order valence-corrected chi connectivity index (χ1v) is 7.32. The molecule has 2 rings (SSSR count). The number of hydrogen-bond acceptors (Lipinski definition) is 6. The summed E-state index contributed by atoms with van der Waals surface area (Å²) in [7, 11) is 0. The van der Waals surface area contributed by atoms with E-state index in [1.165, 1.54) is 0 Å². The molecular formula is C14H24N4O2. The van der Waals surface area contributed by atoms with Crippen LogP contribution >= 0.6 is 0 Å². The second kappa shape index (κ2) is 8.14. The summed E-state index contributed by atoms with van der Waals surface area (Å²) >= 11 is 0. The highest BCUT2D eigenvalue weighted by Crippen LogP contribution is 2.17. The Kier molecular flexibility index (Phi) is 6.17. The van der Waals surface area contributed by atoms with Crippen LogP contribution in [0.2, 0.25) is 0 Å². The van der Waals surface area contributed by atoms with Gasteiger partial charge >= 0.3 is 0 Å². The van der Waals surface area contributed by atoms with Gasteiger partial charge in [-0.25, -0.2) is 9.97 Å². The lowest BCUT2D eigenvalue weighted by Crippen LogP contribution is -2.38. The molecule has 0 aliphatic carbocycles. The van der Waals surface area contributed by atoms with Crippen LogP contribution in [0.4, 0.5) is 5.95 Å². The summed E-state index contributed by atoms with van der Waals surface area (Å²) in [6, 6.07) is 0. The van der Waals surface area contributed by atoms with Gasteiger partial charge in [0.15, 0.2) is 0 Å². The Labute approximate surface area is 120 Å². The van der Waals surface area contributed by atoms with Gasteiger partial charge in [0.2, 0.25) is 5.95 Å². The molecule has 1 fully saturated rings. The van der Waals surface area contributed by atoms with Crippen molar-refractivity contribution < 1.29 is 9.84 Å². The van der Waals surface area contributed by atoms with Gasteiger partial charge < -0.3 is 20.1 Å². The smallest absolute Gasteiger partial charge is 0.225 e. The second-order valence-electron chi connectivity index (χ2n) is 4.95. The zero-order chi connectivity index (χ0) is 14.2. The third-order valence-electron chi connectivity index (χ3n) is 3.44. The van der Waals surface area contributed by atoms with Crippen LogP contribution in [0.5, 0.6) is 0 Å². The molecule has 1 aromatic rings. The number of aliphatic hydroxyl groups excluding tert-OH is 1. The van der Waals surface area contributed by atoms with Crippen LogP contribution < -0.4 is 10.2 Å². The first kappa shape index (κ1) is 15.2. The highest BCUT2D eigenvalue weighted by molar-refractivity contribution is 5.30. The average Bonchev–Trinajstić information content (AvgIpc) is 2.52. The van der Waals surface area contributed by atoms with Gasteiger partial charge in [0.1, 0.15) is 0 Å². The van der Waals surface area contributed by atoms with Gasteiger partial charge in [-0.2, -0.15) is 0 Å². The molecule has 0 unspecified atom stereocenters. The Hall–Kier alpha value is -1.24. The van der Waals surface area contributed by atoms with Gasteiger partial charge in [0.25, 0.3) is 0 Å². The van der Waals surface area contributed by atoms with Crippen molar-refractivity contribution in [3.05, 3.63) is 18.0 Å². The van der Waals surface area contributed by atoms with Gasteiger partial charge in [-0.1, -0.05) is 6.92 Å². The van der Waals surface area contributed by atoms with E-state index >= 15 is 0 Å². The van der Waals surface area contributed by atoms with Crippen molar-refractivity contribution >= 4 is 5.95 Å². The van der Waals surface area contributed by atoms with Crippen LogP contribution in [0.3, 0.4) is 0 Å². The number of rotatable bonds is 7. The summed E-state index contributed by atoms with van der Waals surface area (Å²) in [6.07, 6.45) is 5.95. The number of nitrogens with one attached hydrogen (secondary N) is 1. The summed E-state index contributed by atoms with van der Waals surface area (Å²) in [6.45, 7) is 6.18. The van der Waals surface area contributed by atoms with Gasteiger partial charge in [-0.05, 0) is 19.4 Å². The lowest BCUT2D eigenvalue weighted by Gasteiger charge is -2.31. The summed E-state index contributed by atoms with van der Waals surface area (Å²) in [5.74, 6) is 0.797. The molecule has 0 spiro atoms. The van der Waals surface area contributed by atoms with Crippen molar-refractivity contribution in [1.82, 2.24) is 15.3 Å². The summed E-state index contributed by atoms with van der Waals surface area (Å²) in [5.41, 5.74) is 1.11. The zero-order valence-corrected chi connectivity index (χ0v) is 12.1. The molecule has 6 heteroatoms. The third kappa shape index (κ3) is 4.40. The Bertz CT molecular complexity index is 377. The fourth-order valence-corrected chi connectivity index (χ4v) is 2.31. The number of nitrogens with zero attached hydrogens (tertiary/aromatic N) is 3. The van der Waals surface area contributed by atoms with Gasteiger partial charge in [-0.15, -0.1) is 0 Å². The zero-order valence-electron chi connectivity index (χ0n) is 12.1. The predicted molar refractivity (Wildman–Crippen MR) is 77.7 cm³/mol. The van der Waals surface area contributed by atoms with Crippen LogP contribution in [0.1, 0.15) is 25.3 Å². The normalized spacial score (nSPS) is 16.6. The first-order chi connectivity index (χ1) is 9.83. The molecule has 1 aromatic heterocycles. The number of piperidine rings is 1. The molecule has 1 aliphatic rings. The van der Waals surface area contributed by atoms with Crippen molar-refractivity contribution in [3.8, 4) is 0 Å². The maximum atomic E-state index is 8.75. The standard InChI is InChI=1S/C14H24N4O2/c1-2-15-9-12-10-16-14(17-11-12)18-5-3-13(4-6-18)20-8-7-19/h10-11,13,15,19H,2-9H2,1H3. The van der Waals surface area contributed by atoms with E-state index in [4.69, 9.17) is 9.84 Å². The molecule has 0 aromatic carbocycles. The molecule has 0 atom stereocenters.